The van der Waals surface area contributed by atoms with E-state index in [1.165, 1.54) is 0 Å². The molecule has 8 heteroatoms. The van der Waals surface area contributed by atoms with Crippen molar-refractivity contribution in [1.82, 2.24) is 0 Å². The third-order valence-electron chi connectivity index (χ3n) is 1.24. The molecule has 1 aromatic carbocycles. The van der Waals surface area contributed by atoms with Crippen LogP contribution in [0.2, 0.25) is 0 Å². The SMILES string of the molecule is O=S(=O)([O-])c1ccc(O)c(O)c1.[Na+].[Na+]. The molecule has 1 rings (SSSR count). The van der Waals surface area contributed by atoms with Crippen LogP contribution in [0.5, 0.6) is 11.5 Å². The zero-order valence-electron chi connectivity index (χ0n) is 7.76. The van der Waals surface area contributed by atoms with E-state index in [-0.39, 0.29) is 59.1 Å². The first kappa shape index (κ1) is 17.1. The number of phenolic OH excluding ortho intramolecular Hbond substituents is 2. The first-order valence-corrected chi connectivity index (χ1v) is 4.30. The summed E-state index contributed by atoms with van der Waals surface area (Å²) in [7, 11) is -4.56. The summed E-state index contributed by atoms with van der Waals surface area (Å²) in [6.07, 6.45) is 0. The minimum absolute atomic E-state index is 0. The van der Waals surface area contributed by atoms with Crippen LogP contribution in [0.15, 0.2) is 23.1 Å². The van der Waals surface area contributed by atoms with Crippen molar-refractivity contribution in [3.8, 4) is 11.5 Å². The van der Waals surface area contributed by atoms with Crippen LogP contribution < -0.4 is 59.1 Å². The molecular formula is C6H5Na2O5S+. The number of hydrogen-bond donors (Lipinski definition) is 2. The smallest absolute Gasteiger partial charge is 0.744 e. The number of benzene rings is 1. The van der Waals surface area contributed by atoms with Crippen LogP contribution in [0.1, 0.15) is 0 Å². The maximum atomic E-state index is 10.3. The Morgan fingerprint density at radius 3 is 1.93 bits per heavy atom. The zero-order chi connectivity index (χ0) is 9.35. The van der Waals surface area contributed by atoms with Gasteiger partial charge in [-0.25, -0.2) is 8.42 Å². The summed E-state index contributed by atoms with van der Waals surface area (Å²) in [4.78, 5) is -0.571. The Hall–Kier alpha value is 0.730. The van der Waals surface area contributed by atoms with E-state index in [1.54, 1.807) is 0 Å². The van der Waals surface area contributed by atoms with Crippen molar-refractivity contribution in [2.45, 2.75) is 4.90 Å². The molecule has 0 aliphatic carbocycles. The molecule has 0 saturated carbocycles. The van der Waals surface area contributed by atoms with Crippen molar-refractivity contribution in [3.63, 3.8) is 0 Å². The number of hydrogen-bond acceptors (Lipinski definition) is 5. The molecule has 0 radical (unpaired) electrons. The Labute approximate surface area is 125 Å². The average Bonchev–Trinajstić information content (AvgIpc) is 1.92. The van der Waals surface area contributed by atoms with Crippen molar-refractivity contribution >= 4 is 10.1 Å². The monoisotopic (exact) mass is 235 g/mol. The molecule has 0 atom stereocenters. The molecule has 0 heterocycles. The van der Waals surface area contributed by atoms with Gasteiger partial charge < -0.3 is 14.8 Å². The fraction of sp³-hybridized carbons (Fsp3) is 0. The van der Waals surface area contributed by atoms with Crippen LogP contribution in [0.4, 0.5) is 0 Å². The maximum absolute atomic E-state index is 10.3. The summed E-state index contributed by atoms with van der Waals surface area (Å²) >= 11 is 0. The first-order chi connectivity index (χ1) is 5.41. The second kappa shape index (κ2) is 6.34. The third kappa shape index (κ3) is 4.50. The van der Waals surface area contributed by atoms with Gasteiger partial charge >= 0.3 is 59.1 Å². The molecule has 66 valence electrons. The molecule has 2 N–H and O–H groups in total. The van der Waals surface area contributed by atoms with Gasteiger partial charge in [-0.05, 0) is 12.1 Å². The first-order valence-electron chi connectivity index (χ1n) is 2.89. The molecule has 14 heavy (non-hydrogen) atoms. The molecular weight excluding hydrogens is 230 g/mol. The van der Waals surface area contributed by atoms with Gasteiger partial charge in [0.05, 0.1) is 4.90 Å². The van der Waals surface area contributed by atoms with Crippen LogP contribution in [-0.2, 0) is 10.1 Å². The summed E-state index contributed by atoms with van der Waals surface area (Å²) in [6.45, 7) is 0. The summed E-state index contributed by atoms with van der Waals surface area (Å²) in [5.74, 6) is -1.10. The van der Waals surface area contributed by atoms with Crippen LogP contribution in [0.3, 0.4) is 0 Å². The summed E-state index contributed by atoms with van der Waals surface area (Å²) < 4.78 is 31.0. The van der Waals surface area contributed by atoms with Gasteiger partial charge in [0.25, 0.3) is 0 Å². The standard InChI is InChI=1S/C6H6O5S.2Na/c7-5-2-1-4(3-6(5)8)12(9,10)11;;/h1-3,7-8H,(H,9,10,11);;/q;2*+1/p-1. The fourth-order valence-corrected chi connectivity index (χ4v) is 1.15. The van der Waals surface area contributed by atoms with E-state index in [0.717, 1.165) is 12.1 Å². The third-order valence-corrected chi connectivity index (χ3v) is 2.07. The van der Waals surface area contributed by atoms with Crippen molar-refractivity contribution in [3.05, 3.63) is 18.2 Å². The molecule has 1 aromatic rings. The van der Waals surface area contributed by atoms with Crippen LogP contribution in [0, 0.1) is 0 Å². The Morgan fingerprint density at radius 1 is 1.07 bits per heavy atom. The van der Waals surface area contributed by atoms with Gasteiger partial charge in [-0.2, -0.15) is 0 Å². The number of aromatic hydroxyl groups is 2. The van der Waals surface area contributed by atoms with Gasteiger partial charge in [0, 0.05) is 6.07 Å². The number of phenols is 2. The van der Waals surface area contributed by atoms with Gasteiger partial charge in [-0.1, -0.05) is 0 Å². The van der Waals surface area contributed by atoms with Crippen molar-refractivity contribution < 1.29 is 82.3 Å². The molecule has 0 bridgehead atoms. The molecule has 0 spiro atoms. The minimum atomic E-state index is -4.56. The van der Waals surface area contributed by atoms with Crippen LogP contribution >= 0.6 is 0 Å². The summed E-state index contributed by atoms with van der Waals surface area (Å²) in [6, 6.07) is 2.54. The van der Waals surface area contributed by atoms with E-state index < -0.39 is 26.5 Å². The maximum Gasteiger partial charge on any atom is 1.00 e. The molecule has 0 aliphatic rings. The summed E-state index contributed by atoms with van der Waals surface area (Å²) in [5.41, 5.74) is 0. The van der Waals surface area contributed by atoms with Gasteiger partial charge in [0.2, 0.25) is 0 Å². The fourth-order valence-electron chi connectivity index (χ4n) is 0.659. The average molecular weight is 235 g/mol. The quantitative estimate of drug-likeness (QED) is 0.287. The zero-order valence-corrected chi connectivity index (χ0v) is 12.6. The number of rotatable bonds is 1. The predicted molar refractivity (Wildman–Crippen MR) is 37.7 cm³/mol. The minimum Gasteiger partial charge on any atom is -0.744 e. The van der Waals surface area contributed by atoms with E-state index in [4.69, 9.17) is 10.2 Å². The van der Waals surface area contributed by atoms with Gasteiger partial charge in [-0.15, -0.1) is 0 Å². The normalized spacial score (nSPS) is 9.79. The second-order valence-corrected chi connectivity index (χ2v) is 3.48. The molecule has 0 unspecified atom stereocenters. The van der Waals surface area contributed by atoms with Crippen molar-refractivity contribution in [2.24, 2.45) is 0 Å². The van der Waals surface area contributed by atoms with E-state index in [0.29, 0.717) is 6.07 Å². The molecule has 0 amide bonds. The molecule has 0 saturated heterocycles. The van der Waals surface area contributed by atoms with Gasteiger partial charge in [-0.3, -0.25) is 0 Å². The summed E-state index contributed by atoms with van der Waals surface area (Å²) in [5, 5.41) is 17.6. The predicted octanol–water partition coefficient (Wildman–Crippen LogP) is -5.99. The Morgan fingerprint density at radius 2 is 1.57 bits per heavy atom. The van der Waals surface area contributed by atoms with Gasteiger partial charge in [0.1, 0.15) is 10.1 Å². The second-order valence-electron chi connectivity index (χ2n) is 2.10. The molecule has 0 fully saturated rings. The Kier molecular flexibility index (Phi) is 7.76. The van der Waals surface area contributed by atoms with Crippen molar-refractivity contribution in [2.75, 3.05) is 0 Å². The van der Waals surface area contributed by atoms with E-state index in [2.05, 4.69) is 0 Å². The molecule has 0 aromatic heterocycles. The van der Waals surface area contributed by atoms with Crippen molar-refractivity contribution in [1.29, 1.82) is 0 Å². The van der Waals surface area contributed by atoms with E-state index in [9.17, 15) is 13.0 Å². The van der Waals surface area contributed by atoms with Crippen LogP contribution in [-0.4, -0.2) is 23.2 Å². The van der Waals surface area contributed by atoms with Gasteiger partial charge in [0.15, 0.2) is 11.5 Å². The Bertz CT molecular complexity index is 403. The molecule has 5 nitrogen and oxygen atoms in total. The van der Waals surface area contributed by atoms with Crippen LogP contribution in [0.25, 0.3) is 0 Å². The Balaban J connectivity index is 0. The topological polar surface area (TPSA) is 97.7 Å². The molecule has 0 aliphatic heterocycles. The largest absolute Gasteiger partial charge is 1.00 e. The van der Waals surface area contributed by atoms with E-state index >= 15 is 0 Å². The van der Waals surface area contributed by atoms with E-state index in [1.807, 2.05) is 0 Å².